The third-order valence-electron chi connectivity index (χ3n) is 5.31. The first-order valence-corrected chi connectivity index (χ1v) is 10.0. The number of hydrogen-bond acceptors (Lipinski definition) is 4. The van der Waals surface area contributed by atoms with Crippen molar-refractivity contribution in [2.45, 2.75) is 38.6 Å². The van der Waals surface area contributed by atoms with E-state index < -0.39 is 5.97 Å². The van der Waals surface area contributed by atoms with E-state index in [1.54, 1.807) is 6.07 Å². The number of esters is 1. The molecule has 0 bridgehead atoms. The number of aromatic nitrogens is 1. The third kappa shape index (κ3) is 4.45. The molecule has 1 heterocycles. The number of fused-ring (bicyclic) bond motifs is 1. The van der Waals surface area contributed by atoms with Gasteiger partial charge in [-0.2, -0.15) is 0 Å². The molecule has 29 heavy (non-hydrogen) atoms. The molecule has 1 N–H and O–H groups in total. The average molecular weight is 388 g/mol. The number of nitrogens with one attached hydrogen (secondary N) is 1. The molecule has 1 amide bonds. The molecular weight excluding hydrogens is 364 g/mol. The molecule has 0 atom stereocenters. The standard InChI is InChI=1S/C24H24N2O3/c1-16-11-12-21-19(13-16)20(14-22(26-21)17-7-3-2-4-8-17)24(28)29-15-23(27)25-18-9-5-6-10-18/h2-4,7-8,11-14,18H,5-6,9-10,15H2,1H3,(H,25,27). The fourth-order valence-electron chi connectivity index (χ4n) is 3.81. The predicted molar refractivity (Wildman–Crippen MR) is 113 cm³/mol. The molecule has 0 unspecified atom stereocenters. The van der Waals surface area contributed by atoms with Gasteiger partial charge in [0.25, 0.3) is 5.91 Å². The zero-order chi connectivity index (χ0) is 20.2. The van der Waals surface area contributed by atoms with E-state index in [0.717, 1.165) is 47.7 Å². The number of pyridine rings is 1. The SMILES string of the molecule is Cc1ccc2nc(-c3ccccc3)cc(C(=O)OCC(=O)NC3CCCC3)c2c1. The van der Waals surface area contributed by atoms with Crippen molar-refractivity contribution in [1.29, 1.82) is 0 Å². The molecule has 0 spiro atoms. The summed E-state index contributed by atoms with van der Waals surface area (Å²) in [6.07, 6.45) is 4.26. The number of hydrogen-bond donors (Lipinski definition) is 1. The van der Waals surface area contributed by atoms with Crippen molar-refractivity contribution >= 4 is 22.8 Å². The van der Waals surface area contributed by atoms with E-state index in [1.165, 1.54) is 0 Å². The highest BCUT2D eigenvalue weighted by atomic mass is 16.5. The number of carbonyl (C=O) groups excluding carboxylic acids is 2. The van der Waals surface area contributed by atoms with E-state index in [2.05, 4.69) is 5.32 Å². The average Bonchev–Trinajstić information content (AvgIpc) is 3.25. The summed E-state index contributed by atoms with van der Waals surface area (Å²) in [5.74, 6) is -0.759. The highest BCUT2D eigenvalue weighted by Gasteiger charge is 2.20. The van der Waals surface area contributed by atoms with Crippen LogP contribution in [0.1, 0.15) is 41.6 Å². The minimum absolute atomic E-state index is 0.204. The van der Waals surface area contributed by atoms with Crippen LogP contribution in [0.3, 0.4) is 0 Å². The van der Waals surface area contributed by atoms with Crippen molar-refractivity contribution in [2.24, 2.45) is 0 Å². The van der Waals surface area contributed by atoms with Crippen molar-refractivity contribution < 1.29 is 14.3 Å². The van der Waals surface area contributed by atoms with Crippen LogP contribution in [-0.2, 0) is 9.53 Å². The summed E-state index contributed by atoms with van der Waals surface area (Å²) in [6.45, 7) is 1.69. The van der Waals surface area contributed by atoms with Gasteiger partial charge in [-0.15, -0.1) is 0 Å². The highest BCUT2D eigenvalue weighted by Crippen LogP contribution is 2.26. The smallest absolute Gasteiger partial charge is 0.339 e. The van der Waals surface area contributed by atoms with Crippen LogP contribution in [0.15, 0.2) is 54.6 Å². The highest BCUT2D eigenvalue weighted by molar-refractivity contribution is 6.05. The Morgan fingerprint density at radius 2 is 1.83 bits per heavy atom. The topological polar surface area (TPSA) is 68.3 Å². The Kier molecular flexibility index (Phi) is 5.56. The first kappa shape index (κ1) is 19.1. The van der Waals surface area contributed by atoms with E-state index >= 15 is 0 Å². The normalized spacial score (nSPS) is 14.1. The summed E-state index contributed by atoms with van der Waals surface area (Å²) < 4.78 is 5.36. The maximum atomic E-state index is 12.9. The molecule has 3 aromatic rings. The third-order valence-corrected chi connectivity index (χ3v) is 5.31. The fraction of sp³-hybridized carbons (Fsp3) is 0.292. The maximum Gasteiger partial charge on any atom is 0.339 e. The van der Waals surface area contributed by atoms with E-state index in [1.807, 2.05) is 55.5 Å². The molecule has 1 saturated carbocycles. The van der Waals surface area contributed by atoms with Crippen molar-refractivity contribution in [1.82, 2.24) is 10.3 Å². The first-order chi connectivity index (χ1) is 14.1. The van der Waals surface area contributed by atoms with E-state index in [9.17, 15) is 9.59 Å². The Morgan fingerprint density at radius 3 is 2.59 bits per heavy atom. The number of ether oxygens (including phenoxy) is 1. The number of carbonyl (C=O) groups is 2. The van der Waals surface area contributed by atoms with Gasteiger partial charge in [0.05, 0.1) is 16.8 Å². The van der Waals surface area contributed by atoms with Gasteiger partial charge in [0.15, 0.2) is 6.61 Å². The van der Waals surface area contributed by atoms with Gasteiger partial charge in [-0.05, 0) is 38.0 Å². The number of benzene rings is 2. The first-order valence-electron chi connectivity index (χ1n) is 10.0. The minimum atomic E-state index is -0.512. The number of nitrogens with zero attached hydrogens (tertiary/aromatic N) is 1. The van der Waals surface area contributed by atoms with Gasteiger partial charge < -0.3 is 10.1 Å². The van der Waals surface area contributed by atoms with Crippen LogP contribution < -0.4 is 5.32 Å². The lowest BCUT2D eigenvalue weighted by atomic mass is 10.0. The molecule has 4 rings (SSSR count). The zero-order valence-electron chi connectivity index (χ0n) is 16.5. The molecule has 5 heteroatoms. The van der Waals surface area contributed by atoms with Crippen LogP contribution in [0.5, 0.6) is 0 Å². The Balaban J connectivity index is 1.59. The van der Waals surface area contributed by atoms with Gasteiger partial charge in [-0.25, -0.2) is 9.78 Å². The number of aryl methyl sites for hydroxylation is 1. The maximum absolute atomic E-state index is 12.9. The summed E-state index contributed by atoms with van der Waals surface area (Å²) in [5.41, 5.74) is 3.79. The van der Waals surface area contributed by atoms with Gasteiger partial charge in [0.1, 0.15) is 0 Å². The van der Waals surface area contributed by atoms with E-state index in [-0.39, 0.29) is 18.6 Å². The molecule has 1 aliphatic rings. The lowest BCUT2D eigenvalue weighted by Crippen LogP contribution is -2.35. The van der Waals surface area contributed by atoms with Crippen molar-refractivity contribution in [3.63, 3.8) is 0 Å². The second-order valence-electron chi connectivity index (χ2n) is 7.57. The summed E-state index contributed by atoms with van der Waals surface area (Å²) in [6, 6.07) is 17.4. The summed E-state index contributed by atoms with van der Waals surface area (Å²) in [5, 5.41) is 3.67. The number of amides is 1. The van der Waals surface area contributed by atoms with Gasteiger partial charge in [-0.3, -0.25) is 4.79 Å². The molecule has 5 nitrogen and oxygen atoms in total. The molecule has 0 radical (unpaired) electrons. The lowest BCUT2D eigenvalue weighted by Gasteiger charge is -2.13. The Morgan fingerprint density at radius 1 is 1.07 bits per heavy atom. The second kappa shape index (κ2) is 8.43. The summed E-state index contributed by atoms with van der Waals surface area (Å²) in [7, 11) is 0. The summed E-state index contributed by atoms with van der Waals surface area (Å²) in [4.78, 5) is 29.7. The number of rotatable bonds is 5. The quantitative estimate of drug-likeness (QED) is 0.657. The molecule has 1 fully saturated rings. The molecular formula is C24H24N2O3. The predicted octanol–water partition coefficient (Wildman–Crippen LogP) is 4.43. The van der Waals surface area contributed by atoms with Crippen molar-refractivity contribution in [3.8, 4) is 11.3 Å². The fourth-order valence-corrected chi connectivity index (χ4v) is 3.81. The van der Waals surface area contributed by atoms with Crippen molar-refractivity contribution in [3.05, 3.63) is 65.7 Å². The minimum Gasteiger partial charge on any atom is -0.452 e. The Labute approximate surface area is 170 Å². The molecule has 0 saturated heterocycles. The Hall–Kier alpha value is -3.21. The monoisotopic (exact) mass is 388 g/mol. The van der Waals surface area contributed by atoms with Gasteiger partial charge >= 0.3 is 5.97 Å². The largest absolute Gasteiger partial charge is 0.452 e. The molecule has 1 aromatic heterocycles. The van der Waals surface area contributed by atoms with Crippen LogP contribution in [-0.4, -0.2) is 29.5 Å². The van der Waals surface area contributed by atoms with Gasteiger partial charge in [0, 0.05) is 17.0 Å². The molecule has 2 aromatic carbocycles. The second-order valence-corrected chi connectivity index (χ2v) is 7.57. The van der Waals surface area contributed by atoms with E-state index in [4.69, 9.17) is 9.72 Å². The van der Waals surface area contributed by atoms with Crippen LogP contribution in [0.2, 0.25) is 0 Å². The zero-order valence-corrected chi connectivity index (χ0v) is 16.5. The van der Waals surface area contributed by atoms with Crippen LogP contribution in [0.25, 0.3) is 22.2 Å². The summed E-state index contributed by atoms with van der Waals surface area (Å²) >= 11 is 0. The van der Waals surface area contributed by atoms with Crippen LogP contribution in [0, 0.1) is 6.92 Å². The van der Waals surface area contributed by atoms with Crippen molar-refractivity contribution in [2.75, 3.05) is 6.61 Å². The molecule has 0 aliphatic heterocycles. The molecule has 1 aliphatic carbocycles. The van der Waals surface area contributed by atoms with Gasteiger partial charge in [-0.1, -0.05) is 54.8 Å². The van der Waals surface area contributed by atoms with Gasteiger partial charge in [0.2, 0.25) is 0 Å². The van der Waals surface area contributed by atoms with Crippen LogP contribution in [0.4, 0.5) is 0 Å². The van der Waals surface area contributed by atoms with E-state index in [0.29, 0.717) is 11.3 Å². The Bertz CT molecular complexity index is 1040. The van der Waals surface area contributed by atoms with Crippen LogP contribution >= 0.6 is 0 Å². The lowest BCUT2D eigenvalue weighted by molar-refractivity contribution is -0.124. The molecule has 148 valence electrons.